The summed E-state index contributed by atoms with van der Waals surface area (Å²) in [6, 6.07) is 3.79. The van der Waals surface area contributed by atoms with E-state index in [-0.39, 0.29) is 0 Å². The van der Waals surface area contributed by atoms with E-state index >= 15 is 0 Å². The number of carbonyl (C=O) groups is 1. The first-order chi connectivity index (χ1) is 8.75. The fourth-order valence-electron chi connectivity index (χ4n) is 2.23. The van der Waals surface area contributed by atoms with Gasteiger partial charge in [-0.15, -0.1) is 0 Å². The first-order valence-electron chi connectivity index (χ1n) is 5.85. The van der Waals surface area contributed by atoms with Crippen molar-refractivity contribution < 1.29 is 9.53 Å². The third-order valence-electron chi connectivity index (χ3n) is 3.15. The minimum absolute atomic E-state index is 0.454. The number of aromatic nitrogens is 2. The van der Waals surface area contributed by atoms with Gasteiger partial charge in [0, 0.05) is 18.8 Å². The van der Waals surface area contributed by atoms with Gasteiger partial charge in [-0.25, -0.2) is 4.98 Å². The number of amides is 1. The maximum atomic E-state index is 11.5. The van der Waals surface area contributed by atoms with Crippen LogP contribution in [-0.4, -0.2) is 42.2 Å². The second kappa shape index (κ2) is 4.30. The lowest BCUT2D eigenvalue weighted by molar-refractivity contribution is 0.100. The van der Waals surface area contributed by atoms with Crippen LogP contribution >= 0.6 is 0 Å². The van der Waals surface area contributed by atoms with E-state index in [0.29, 0.717) is 24.3 Å². The molecule has 94 valence electrons. The number of hydrogen-bond donors (Lipinski definition) is 2. The van der Waals surface area contributed by atoms with E-state index in [9.17, 15) is 4.79 Å². The van der Waals surface area contributed by atoms with Crippen molar-refractivity contribution in [2.75, 3.05) is 31.2 Å². The quantitative estimate of drug-likeness (QED) is 0.808. The van der Waals surface area contributed by atoms with Gasteiger partial charge in [0.1, 0.15) is 5.52 Å². The number of H-pyrrole nitrogens is 1. The number of anilines is 1. The summed E-state index contributed by atoms with van der Waals surface area (Å²) in [5.41, 5.74) is 8.28. The van der Waals surface area contributed by atoms with Crippen LogP contribution in [0.1, 0.15) is 10.4 Å². The molecule has 0 aliphatic carbocycles. The highest BCUT2D eigenvalue weighted by atomic mass is 16.5. The Morgan fingerprint density at radius 3 is 2.89 bits per heavy atom. The zero-order chi connectivity index (χ0) is 12.5. The number of carbonyl (C=O) groups excluding carboxylic acids is 1. The minimum Gasteiger partial charge on any atom is -0.378 e. The van der Waals surface area contributed by atoms with E-state index in [0.717, 1.165) is 24.3 Å². The van der Waals surface area contributed by atoms with Crippen molar-refractivity contribution in [2.45, 2.75) is 0 Å². The number of nitrogens with zero attached hydrogens (tertiary/aromatic N) is 2. The molecule has 1 aliphatic rings. The van der Waals surface area contributed by atoms with E-state index in [1.807, 2.05) is 6.07 Å². The molecule has 6 nitrogen and oxygen atoms in total. The van der Waals surface area contributed by atoms with Gasteiger partial charge in [-0.2, -0.15) is 0 Å². The Morgan fingerprint density at radius 2 is 2.17 bits per heavy atom. The topological polar surface area (TPSA) is 84.2 Å². The molecule has 2 aromatic rings. The number of hydrogen-bond acceptors (Lipinski definition) is 4. The minimum atomic E-state index is -0.456. The van der Waals surface area contributed by atoms with E-state index in [4.69, 9.17) is 10.5 Å². The van der Waals surface area contributed by atoms with Gasteiger partial charge in [-0.1, -0.05) is 0 Å². The molecule has 0 spiro atoms. The molecular weight excluding hydrogens is 232 g/mol. The number of nitrogens with two attached hydrogens (primary N) is 1. The molecule has 0 bridgehead atoms. The van der Waals surface area contributed by atoms with E-state index < -0.39 is 5.91 Å². The Labute approximate surface area is 104 Å². The number of imidazole rings is 1. The molecule has 1 aromatic heterocycles. The van der Waals surface area contributed by atoms with E-state index in [1.165, 1.54) is 0 Å². The van der Waals surface area contributed by atoms with Crippen LogP contribution in [0.3, 0.4) is 0 Å². The molecule has 0 unspecified atom stereocenters. The van der Waals surface area contributed by atoms with E-state index in [2.05, 4.69) is 14.9 Å². The van der Waals surface area contributed by atoms with Crippen LogP contribution in [0.4, 0.5) is 5.69 Å². The van der Waals surface area contributed by atoms with Crippen molar-refractivity contribution in [3.8, 4) is 0 Å². The lowest BCUT2D eigenvalue weighted by Gasteiger charge is -2.29. The van der Waals surface area contributed by atoms with Crippen molar-refractivity contribution in [3.63, 3.8) is 0 Å². The smallest absolute Gasteiger partial charge is 0.251 e. The molecule has 1 saturated heterocycles. The zero-order valence-corrected chi connectivity index (χ0v) is 9.85. The molecule has 3 N–H and O–H groups in total. The molecule has 0 radical (unpaired) electrons. The van der Waals surface area contributed by atoms with Gasteiger partial charge in [-0.3, -0.25) is 4.79 Å². The fraction of sp³-hybridized carbons (Fsp3) is 0.333. The fourth-order valence-corrected chi connectivity index (χ4v) is 2.23. The summed E-state index contributed by atoms with van der Waals surface area (Å²) < 4.78 is 5.32. The second-order valence-electron chi connectivity index (χ2n) is 4.26. The summed E-state index contributed by atoms with van der Waals surface area (Å²) in [5.74, 6) is -0.456. The predicted molar refractivity (Wildman–Crippen MR) is 67.6 cm³/mol. The molecule has 0 atom stereocenters. The molecule has 0 saturated carbocycles. The van der Waals surface area contributed by atoms with Crippen LogP contribution in [0.2, 0.25) is 0 Å². The summed E-state index contributed by atoms with van der Waals surface area (Å²) in [4.78, 5) is 20.8. The lowest BCUT2D eigenvalue weighted by atomic mass is 10.1. The molecule has 1 amide bonds. The number of aromatic amines is 1. The summed E-state index contributed by atoms with van der Waals surface area (Å²) in [5, 5.41) is 0. The highest BCUT2D eigenvalue weighted by Gasteiger charge is 2.16. The SMILES string of the molecule is NC(=O)c1cc(N2CCOCC2)cc2[nH]cnc12. The molecule has 1 fully saturated rings. The Morgan fingerprint density at radius 1 is 1.39 bits per heavy atom. The highest BCUT2D eigenvalue weighted by Crippen LogP contribution is 2.24. The van der Waals surface area contributed by atoms with Crippen LogP contribution < -0.4 is 10.6 Å². The number of nitrogens with one attached hydrogen (secondary N) is 1. The first-order valence-corrected chi connectivity index (χ1v) is 5.85. The van der Waals surface area contributed by atoms with Gasteiger partial charge in [0.15, 0.2) is 0 Å². The van der Waals surface area contributed by atoms with Gasteiger partial charge >= 0.3 is 0 Å². The van der Waals surface area contributed by atoms with Gasteiger partial charge in [0.05, 0.1) is 30.6 Å². The van der Waals surface area contributed by atoms with Crippen LogP contribution in [0.15, 0.2) is 18.5 Å². The Kier molecular flexibility index (Phi) is 2.64. The molecule has 1 aromatic carbocycles. The van der Waals surface area contributed by atoms with Crippen LogP contribution in [-0.2, 0) is 4.74 Å². The maximum Gasteiger partial charge on any atom is 0.251 e. The highest BCUT2D eigenvalue weighted by molar-refractivity contribution is 6.05. The standard InChI is InChI=1S/C12H14N4O2/c13-12(17)9-5-8(16-1-3-18-4-2-16)6-10-11(9)15-7-14-10/h5-7H,1-4H2,(H2,13,17)(H,14,15). The van der Waals surface area contributed by atoms with Crippen molar-refractivity contribution >= 4 is 22.6 Å². The summed E-state index contributed by atoms with van der Waals surface area (Å²) in [6.07, 6.45) is 1.57. The number of benzene rings is 1. The van der Waals surface area contributed by atoms with Crippen LogP contribution in [0.5, 0.6) is 0 Å². The molecule has 6 heteroatoms. The number of primary amides is 1. The van der Waals surface area contributed by atoms with Gasteiger partial charge in [0.25, 0.3) is 5.91 Å². The molecular formula is C12H14N4O2. The molecule has 1 aliphatic heterocycles. The van der Waals surface area contributed by atoms with Crippen molar-refractivity contribution in [2.24, 2.45) is 5.73 Å². The maximum absolute atomic E-state index is 11.5. The Balaban J connectivity index is 2.09. The largest absolute Gasteiger partial charge is 0.378 e. The van der Waals surface area contributed by atoms with Gasteiger partial charge in [-0.05, 0) is 12.1 Å². The van der Waals surface area contributed by atoms with Crippen LogP contribution in [0.25, 0.3) is 11.0 Å². The third kappa shape index (κ3) is 1.80. The zero-order valence-electron chi connectivity index (χ0n) is 9.85. The monoisotopic (exact) mass is 246 g/mol. The van der Waals surface area contributed by atoms with Crippen molar-refractivity contribution in [1.29, 1.82) is 0 Å². The van der Waals surface area contributed by atoms with Gasteiger partial charge in [0.2, 0.25) is 0 Å². The van der Waals surface area contributed by atoms with Crippen LogP contribution in [0, 0.1) is 0 Å². The number of morpholine rings is 1. The third-order valence-corrected chi connectivity index (χ3v) is 3.15. The predicted octanol–water partition coefficient (Wildman–Crippen LogP) is 0.498. The average molecular weight is 246 g/mol. The first kappa shape index (κ1) is 11.0. The van der Waals surface area contributed by atoms with Gasteiger partial charge < -0.3 is 20.4 Å². The number of ether oxygens (including phenoxy) is 1. The molecule has 18 heavy (non-hydrogen) atoms. The second-order valence-corrected chi connectivity index (χ2v) is 4.26. The summed E-state index contributed by atoms with van der Waals surface area (Å²) in [7, 11) is 0. The summed E-state index contributed by atoms with van der Waals surface area (Å²) >= 11 is 0. The number of rotatable bonds is 2. The molecule has 3 rings (SSSR count). The van der Waals surface area contributed by atoms with Crippen molar-refractivity contribution in [3.05, 3.63) is 24.0 Å². The molecule has 2 heterocycles. The van der Waals surface area contributed by atoms with Crippen molar-refractivity contribution in [1.82, 2.24) is 9.97 Å². The Bertz CT molecular complexity index is 587. The van der Waals surface area contributed by atoms with E-state index in [1.54, 1.807) is 12.4 Å². The lowest BCUT2D eigenvalue weighted by Crippen LogP contribution is -2.36. The normalized spacial score (nSPS) is 16.1. The number of fused-ring (bicyclic) bond motifs is 1. The Hall–Kier alpha value is -2.08. The average Bonchev–Trinajstić information content (AvgIpc) is 2.86. The summed E-state index contributed by atoms with van der Waals surface area (Å²) in [6.45, 7) is 3.04.